The van der Waals surface area contributed by atoms with Gasteiger partial charge in [-0.2, -0.15) is 5.10 Å². The normalized spacial score (nSPS) is 18.7. The van der Waals surface area contributed by atoms with E-state index in [0.29, 0.717) is 25.2 Å². The predicted octanol–water partition coefficient (Wildman–Crippen LogP) is 4.20. The van der Waals surface area contributed by atoms with E-state index in [1.165, 1.54) is 12.8 Å². The van der Waals surface area contributed by atoms with Gasteiger partial charge in [0.15, 0.2) is 0 Å². The van der Waals surface area contributed by atoms with Crippen LogP contribution in [0.15, 0.2) is 48.8 Å². The first-order valence-electron chi connectivity index (χ1n) is 11.5. The molecular weight excluding hydrogens is 398 g/mol. The zero-order valence-electron chi connectivity index (χ0n) is 19.1. The number of nitrogens with zero attached hydrogens (tertiary/aromatic N) is 6. The lowest BCUT2D eigenvalue weighted by atomic mass is 10.2. The van der Waals surface area contributed by atoms with Crippen molar-refractivity contribution in [3.8, 4) is 11.4 Å². The Balaban J connectivity index is 1.56. The Morgan fingerprint density at radius 2 is 1.88 bits per heavy atom. The van der Waals surface area contributed by atoms with E-state index in [-0.39, 0.29) is 0 Å². The largest absolute Gasteiger partial charge is 0.351 e. The van der Waals surface area contributed by atoms with E-state index in [9.17, 15) is 0 Å². The van der Waals surface area contributed by atoms with Crippen molar-refractivity contribution in [1.29, 1.82) is 0 Å². The molecule has 5 rings (SSSR count). The molecule has 4 aromatic rings. The summed E-state index contributed by atoms with van der Waals surface area (Å²) in [4.78, 5) is 12.3. The molecule has 0 saturated carbocycles. The lowest BCUT2D eigenvalue weighted by Crippen LogP contribution is -2.33. The van der Waals surface area contributed by atoms with E-state index in [0.717, 1.165) is 46.0 Å². The Morgan fingerprint density at radius 3 is 2.53 bits per heavy atom. The van der Waals surface area contributed by atoms with Gasteiger partial charge in [0.1, 0.15) is 11.6 Å². The van der Waals surface area contributed by atoms with Gasteiger partial charge in [-0.15, -0.1) is 0 Å². The molecule has 1 aromatic carbocycles. The third-order valence-electron chi connectivity index (χ3n) is 6.61. The van der Waals surface area contributed by atoms with Crippen LogP contribution in [0.4, 0.5) is 5.82 Å². The first-order valence-corrected chi connectivity index (χ1v) is 11.5. The number of anilines is 1. The minimum Gasteiger partial charge on any atom is -0.351 e. The lowest BCUT2D eigenvalue weighted by molar-refractivity contribution is 0.639. The molecule has 3 aromatic heterocycles. The second kappa shape index (κ2) is 8.39. The number of aryl methyl sites for hydroxylation is 1. The minimum atomic E-state index is 0.501. The summed E-state index contributed by atoms with van der Waals surface area (Å²) in [5.41, 5.74) is 11.0. The maximum atomic E-state index is 5.88. The zero-order valence-corrected chi connectivity index (χ0v) is 19.1. The molecule has 0 bridgehead atoms. The quantitative estimate of drug-likeness (QED) is 0.497. The van der Waals surface area contributed by atoms with Gasteiger partial charge in [0, 0.05) is 43.1 Å². The van der Waals surface area contributed by atoms with Crippen LogP contribution in [0.3, 0.4) is 0 Å². The van der Waals surface area contributed by atoms with Crippen molar-refractivity contribution in [2.24, 2.45) is 5.73 Å². The van der Waals surface area contributed by atoms with Gasteiger partial charge >= 0.3 is 0 Å². The maximum absolute atomic E-state index is 5.88. The number of pyridine rings is 1. The standard InChI is InChI=1S/C25H31N7/c1-4-30-12-11-21(29-30)16-31-23-9-7-19(14-26)13-22(23)28-25(31)20-8-10-24(27-15-20)32-17(2)5-6-18(32)3/h7-13,15,17-18H,4-6,14,16,26H2,1-3H3/t17-,18+. The molecule has 2 atom stereocenters. The molecule has 166 valence electrons. The fourth-order valence-corrected chi connectivity index (χ4v) is 4.83. The van der Waals surface area contributed by atoms with Crippen molar-refractivity contribution >= 4 is 16.9 Å². The van der Waals surface area contributed by atoms with Gasteiger partial charge in [0.25, 0.3) is 0 Å². The van der Waals surface area contributed by atoms with Gasteiger partial charge in [-0.1, -0.05) is 6.07 Å². The predicted molar refractivity (Wildman–Crippen MR) is 128 cm³/mol. The Bertz CT molecular complexity index is 1210. The van der Waals surface area contributed by atoms with Gasteiger partial charge < -0.3 is 15.2 Å². The van der Waals surface area contributed by atoms with Gasteiger partial charge in [0.05, 0.1) is 23.3 Å². The molecule has 1 aliphatic heterocycles. The SMILES string of the molecule is CCn1ccc(Cn2c(-c3ccc(N4[C@H](C)CC[C@@H]4C)nc3)nc3cc(CN)ccc32)n1. The molecule has 0 radical (unpaired) electrons. The number of nitrogens with two attached hydrogens (primary N) is 1. The molecule has 0 aliphatic carbocycles. The van der Waals surface area contributed by atoms with E-state index >= 15 is 0 Å². The monoisotopic (exact) mass is 429 g/mol. The number of hydrogen-bond donors (Lipinski definition) is 1. The summed E-state index contributed by atoms with van der Waals surface area (Å²) < 4.78 is 4.19. The average molecular weight is 430 g/mol. The summed E-state index contributed by atoms with van der Waals surface area (Å²) in [6.07, 6.45) is 6.41. The summed E-state index contributed by atoms with van der Waals surface area (Å²) in [6.45, 7) is 8.67. The second-order valence-corrected chi connectivity index (χ2v) is 8.80. The summed E-state index contributed by atoms with van der Waals surface area (Å²) in [5, 5.41) is 4.69. The number of fused-ring (bicyclic) bond motifs is 1. The van der Waals surface area contributed by atoms with Crippen LogP contribution in [0.5, 0.6) is 0 Å². The van der Waals surface area contributed by atoms with Crippen LogP contribution in [-0.2, 0) is 19.6 Å². The van der Waals surface area contributed by atoms with Crippen molar-refractivity contribution in [3.63, 3.8) is 0 Å². The van der Waals surface area contributed by atoms with Gasteiger partial charge in [-0.3, -0.25) is 4.68 Å². The van der Waals surface area contributed by atoms with Gasteiger partial charge in [-0.05, 0) is 69.5 Å². The summed E-state index contributed by atoms with van der Waals surface area (Å²) in [7, 11) is 0. The molecule has 7 heteroatoms. The molecule has 7 nitrogen and oxygen atoms in total. The third kappa shape index (κ3) is 3.66. The first-order chi connectivity index (χ1) is 15.6. The zero-order chi connectivity index (χ0) is 22.2. The Labute approximate surface area is 188 Å². The number of imidazole rings is 1. The van der Waals surface area contributed by atoms with Gasteiger partial charge in [-0.25, -0.2) is 9.97 Å². The maximum Gasteiger partial charge on any atom is 0.143 e. The molecule has 1 saturated heterocycles. The second-order valence-electron chi connectivity index (χ2n) is 8.80. The van der Waals surface area contributed by atoms with Crippen LogP contribution < -0.4 is 10.6 Å². The summed E-state index contributed by atoms with van der Waals surface area (Å²) in [6, 6.07) is 13.7. The number of benzene rings is 1. The first kappa shape index (κ1) is 20.7. The van der Waals surface area contributed by atoms with Crippen LogP contribution >= 0.6 is 0 Å². The average Bonchev–Trinajstić information content (AvgIpc) is 3.51. The molecular formula is C25H31N7. The van der Waals surface area contributed by atoms with E-state index in [1.54, 1.807) is 0 Å². The Hall–Kier alpha value is -3.19. The van der Waals surface area contributed by atoms with Crippen LogP contribution in [0.25, 0.3) is 22.4 Å². The highest BCUT2D eigenvalue weighted by atomic mass is 15.3. The van der Waals surface area contributed by atoms with Crippen LogP contribution in [0, 0.1) is 0 Å². The van der Waals surface area contributed by atoms with Crippen molar-refractivity contribution in [2.75, 3.05) is 4.90 Å². The van der Waals surface area contributed by atoms with Crippen molar-refractivity contribution in [1.82, 2.24) is 24.3 Å². The van der Waals surface area contributed by atoms with Crippen LogP contribution in [0.2, 0.25) is 0 Å². The summed E-state index contributed by atoms with van der Waals surface area (Å²) in [5.74, 6) is 1.95. The number of hydrogen-bond acceptors (Lipinski definition) is 5. The Kier molecular flexibility index (Phi) is 5.43. The topological polar surface area (TPSA) is 77.8 Å². The lowest BCUT2D eigenvalue weighted by Gasteiger charge is -2.27. The van der Waals surface area contributed by atoms with Gasteiger partial charge in [0.2, 0.25) is 0 Å². The van der Waals surface area contributed by atoms with E-state index in [1.807, 2.05) is 17.1 Å². The van der Waals surface area contributed by atoms with Crippen molar-refractivity contribution in [2.45, 2.75) is 65.3 Å². The highest BCUT2D eigenvalue weighted by Gasteiger charge is 2.28. The molecule has 1 fully saturated rings. The van der Waals surface area contributed by atoms with Crippen LogP contribution in [-0.4, -0.2) is 36.4 Å². The molecule has 4 heterocycles. The minimum absolute atomic E-state index is 0.501. The van der Waals surface area contributed by atoms with E-state index < -0.39 is 0 Å². The molecule has 0 unspecified atom stereocenters. The third-order valence-corrected chi connectivity index (χ3v) is 6.61. The number of rotatable bonds is 6. The van der Waals surface area contributed by atoms with Crippen molar-refractivity contribution in [3.05, 3.63) is 60.0 Å². The molecule has 1 aliphatic rings. The highest BCUT2D eigenvalue weighted by Crippen LogP contribution is 2.31. The fraction of sp³-hybridized carbons (Fsp3) is 0.400. The molecule has 0 amide bonds. The van der Waals surface area contributed by atoms with E-state index in [2.05, 4.69) is 71.7 Å². The Morgan fingerprint density at radius 1 is 1.06 bits per heavy atom. The summed E-state index contributed by atoms with van der Waals surface area (Å²) >= 11 is 0. The smallest absolute Gasteiger partial charge is 0.143 e. The molecule has 32 heavy (non-hydrogen) atoms. The fourth-order valence-electron chi connectivity index (χ4n) is 4.83. The van der Waals surface area contributed by atoms with E-state index in [4.69, 9.17) is 15.7 Å². The van der Waals surface area contributed by atoms with Crippen molar-refractivity contribution < 1.29 is 0 Å². The highest BCUT2D eigenvalue weighted by molar-refractivity contribution is 5.81. The van der Waals surface area contributed by atoms with Crippen LogP contribution in [0.1, 0.15) is 44.9 Å². The molecule has 0 spiro atoms. The molecule has 2 N–H and O–H groups in total. The number of aromatic nitrogens is 5.